The predicted octanol–water partition coefficient (Wildman–Crippen LogP) is 2.97. The first-order valence-corrected chi connectivity index (χ1v) is 5.94. The highest BCUT2D eigenvalue weighted by Gasteiger charge is 2.20. The normalized spacial score (nSPS) is 14.4. The van der Waals surface area contributed by atoms with Gasteiger partial charge in [0.15, 0.2) is 0 Å². The van der Waals surface area contributed by atoms with Crippen LogP contribution < -0.4 is 5.32 Å². The van der Waals surface area contributed by atoms with E-state index in [9.17, 15) is 0 Å². The molecule has 0 aliphatic rings. The van der Waals surface area contributed by atoms with Gasteiger partial charge >= 0.3 is 0 Å². The van der Waals surface area contributed by atoms with E-state index in [1.54, 1.807) is 0 Å². The molecule has 0 fully saturated rings. The Morgan fingerprint density at radius 2 is 1.86 bits per heavy atom. The third-order valence-corrected chi connectivity index (χ3v) is 2.57. The Labute approximate surface area is 89.4 Å². The molecule has 0 saturated heterocycles. The van der Waals surface area contributed by atoms with Gasteiger partial charge in [-0.1, -0.05) is 27.2 Å². The van der Waals surface area contributed by atoms with Gasteiger partial charge in [-0.3, -0.25) is 0 Å². The molecular weight excluding hydrogens is 174 g/mol. The van der Waals surface area contributed by atoms with Crippen LogP contribution in [0.2, 0.25) is 0 Å². The van der Waals surface area contributed by atoms with E-state index in [-0.39, 0.29) is 5.60 Å². The smallest absolute Gasteiger partial charge is 0.0706 e. The molecule has 0 aromatic rings. The van der Waals surface area contributed by atoms with Crippen molar-refractivity contribution in [1.29, 1.82) is 0 Å². The third kappa shape index (κ3) is 6.39. The second kappa shape index (κ2) is 7.24. The molecule has 0 aliphatic heterocycles. The van der Waals surface area contributed by atoms with Crippen molar-refractivity contribution in [3.05, 3.63) is 0 Å². The van der Waals surface area contributed by atoms with E-state index in [1.807, 2.05) is 0 Å². The summed E-state index contributed by atoms with van der Waals surface area (Å²) in [5, 5.41) is 3.35. The van der Waals surface area contributed by atoms with Crippen molar-refractivity contribution in [2.24, 2.45) is 0 Å². The van der Waals surface area contributed by atoms with E-state index in [1.165, 1.54) is 6.42 Å². The van der Waals surface area contributed by atoms with E-state index in [2.05, 4.69) is 39.9 Å². The number of likely N-dealkylation sites (N-methyl/N-ethyl adjacent to an activating group) is 1. The third-order valence-electron chi connectivity index (χ3n) is 2.57. The van der Waals surface area contributed by atoms with Gasteiger partial charge in [-0.15, -0.1) is 0 Å². The first-order valence-electron chi connectivity index (χ1n) is 5.94. The molecule has 1 unspecified atom stereocenters. The summed E-state index contributed by atoms with van der Waals surface area (Å²) in [5.41, 5.74) is 0.0231. The maximum absolute atomic E-state index is 6.07. The van der Waals surface area contributed by atoms with E-state index >= 15 is 0 Å². The van der Waals surface area contributed by atoms with Gasteiger partial charge in [-0.2, -0.15) is 0 Å². The fourth-order valence-corrected chi connectivity index (χ4v) is 1.36. The highest BCUT2D eigenvalue weighted by Crippen LogP contribution is 2.18. The van der Waals surface area contributed by atoms with Crippen molar-refractivity contribution in [1.82, 2.24) is 5.32 Å². The SMILES string of the molecule is CCCC(CNCC)OC(C)(C)CC. The minimum absolute atomic E-state index is 0.0231. The topological polar surface area (TPSA) is 21.3 Å². The van der Waals surface area contributed by atoms with Crippen LogP contribution in [-0.2, 0) is 4.74 Å². The summed E-state index contributed by atoms with van der Waals surface area (Å²) in [6.45, 7) is 12.9. The molecule has 2 nitrogen and oxygen atoms in total. The lowest BCUT2D eigenvalue weighted by Crippen LogP contribution is -2.36. The van der Waals surface area contributed by atoms with Crippen molar-refractivity contribution < 1.29 is 4.74 Å². The molecule has 0 saturated carbocycles. The van der Waals surface area contributed by atoms with E-state index in [0.717, 1.165) is 25.9 Å². The number of nitrogens with one attached hydrogen (secondary N) is 1. The lowest BCUT2D eigenvalue weighted by Gasteiger charge is -2.30. The van der Waals surface area contributed by atoms with Crippen LogP contribution in [0, 0.1) is 0 Å². The van der Waals surface area contributed by atoms with E-state index < -0.39 is 0 Å². The summed E-state index contributed by atoms with van der Waals surface area (Å²) in [5.74, 6) is 0. The summed E-state index contributed by atoms with van der Waals surface area (Å²) in [7, 11) is 0. The molecule has 86 valence electrons. The number of hydrogen-bond donors (Lipinski definition) is 1. The molecule has 0 heterocycles. The Morgan fingerprint density at radius 1 is 1.21 bits per heavy atom. The molecular formula is C12H27NO. The first-order chi connectivity index (χ1) is 6.55. The highest BCUT2D eigenvalue weighted by atomic mass is 16.5. The predicted molar refractivity (Wildman–Crippen MR) is 62.7 cm³/mol. The van der Waals surface area contributed by atoms with Crippen LogP contribution >= 0.6 is 0 Å². The molecule has 0 bridgehead atoms. The first kappa shape index (κ1) is 13.9. The Bertz CT molecular complexity index is 134. The molecule has 1 N–H and O–H groups in total. The fourth-order valence-electron chi connectivity index (χ4n) is 1.36. The number of ether oxygens (including phenoxy) is 1. The van der Waals surface area contributed by atoms with Crippen LogP contribution in [0.1, 0.15) is 53.9 Å². The minimum atomic E-state index is 0.0231. The zero-order valence-electron chi connectivity index (χ0n) is 10.5. The largest absolute Gasteiger partial charge is 0.371 e. The van der Waals surface area contributed by atoms with Crippen LogP contribution in [-0.4, -0.2) is 24.8 Å². The lowest BCUT2D eigenvalue weighted by atomic mass is 10.1. The molecule has 2 heteroatoms. The number of rotatable bonds is 8. The fraction of sp³-hybridized carbons (Fsp3) is 1.00. The van der Waals surface area contributed by atoms with Gasteiger partial charge < -0.3 is 10.1 Å². The van der Waals surface area contributed by atoms with Crippen molar-refractivity contribution in [3.8, 4) is 0 Å². The van der Waals surface area contributed by atoms with E-state index in [0.29, 0.717) is 6.10 Å². The highest BCUT2D eigenvalue weighted by molar-refractivity contribution is 4.71. The van der Waals surface area contributed by atoms with Crippen molar-refractivity contribution in [2.45, 2.75) is 65.6 Å². The van der Waals surface area contributed by atoms with Gasteiger partial charge in [0.05, 0.1) is 11.7 Å². The quantitative estimate of drug-likeness (QED) is 0.652. The van der Waals surface area contributed by atoms with Gasteiger partial charge in [0.1, 0.15) is 0 Å². The Balaban J connectivity index is 3.94. The average molecular weight is 201 g/mol. The summed E-state index contributed by atoms with van der Waals surface area (Å²) >= 11 is 0. The number of hydrogen-bond acceptors (Lipinski definition) is 2. The van der Waals surface area contributed by atoms with Crippen LogP contribution in [0.25, 0.3) is 0 Å². The molecule has 1 atom stereocenters. The molecule has 14 heavy (non-hydrogen) atoms. The molecule has 0 amide bonds. The summed E-state index contributed by atoms with van der Waals surface area (Å²) in [6.07, 6.45) is 3.78. The van der Waals surface area contributed by atoms with Gasteiger partial charge in [0.2, 0.25) is 0 Å². The van der Waals surface area contributed by atoms with E-state index in [4.69, 9.17) is 4.74 Å². The summed E-state index contributed by atoms with van der Waals surface area (Å²) < 4.78 is 6.07. The standard InChI is InChI=1S/C12H27NO/c1-6-9-11(10-13-8-3)14-12(4,5)7-2/h11,13H,6-10H2,1-5H3. The molecule has 0 aromatic carbocycles. The molecule has 0 rings (SSSR count). The Kier molecular flexibility index (Phi) is 7.20. The van der Waals surface area contributed by atoms with Gasteiger partial charge in [-0.25, -0.2) is 0 Å². The van der Waals surface area contributed by atoms with Gasteiger partial charge in [0.25, 0.3) is 0 Å². The zero-order chi connectivity index (χ0) is 11.0. The Morgan fingerprint density at radius 3 is 2.29 bits per heavy atom. The van der Waals surface area contributed by atoms with Crippen molar-refractivity contribution >= 4 is 0 Å². The molecule has 0 radical (unpaired) electrons. The van der Waals surface area contributed by atoms with Gasteiger partial charge in [-0.05, 0) is 33.2 Å². The Hall–Kier alpha value is -0.0800. The second-order valence-electron chi connectivity index (χ2n) is 4.45. The maximum atomic E-state index is 6.07. The summed E-state index contributed by atoms with van der Waals surface area (Å²) in [4.78, 5) is 0. The van der Waals surface area contributed by atoms with Crippen molar-refractivity contribution in [3.63, 3.8) is 0 Å². The van der Waals surface area contributed by atoms with Crippen molar-refractivity contribution in [2.75, 3.05) is 13.1 Å². The second-order valence-corrected chi connectivity index (χ2v) is 4.45. The molecule has 0 spiro atoms. The zero-order valence-corrected chi connectivity index (χ0v) is 10.5. The molecule has 0 aromatic heterocycles. The molecule has 0 aliphatic carbocycles. The lowest BCUT2D eigenvalue weighted by molar-refractivity contribution is -0.0750. The monoisotopic (exact) mass is 201 g/mol. The summed E-state index contributed by atoms with van der Waals surface area (Å²) in [6, 6.07) is 0. The van der Waals surface area contributed by atoms with Gasteiger partial charge in [0, 0.05) is 6.54 Å². The van der Waals surface area contributed by atoms with Crippen LogP contribution in [0.15, 0.2) is 0 Å². The maximum Gasteiger partial charge on any atom is 0.0706 e. The van der Waals surface area contributed by atoms with Crippen LogP contribution in [0.3, 0.4) is 0 Å². The minimum Gasteiger partial charge on any atom is -0.371 e. The average Bonchev–Trinajstić information content (AvgIpc) is 2.14. The van der Waals surface area contributed by atoms with Crippen LogP contribution in [0.4, 0.5) is 0 Å². The van der Waals surface area contributed by atoms with Crippen LogP contribution in [0.5, 0.6) is 0 Å².